The van der Waals surface area contributed by atoms with E-state index in [0.29, 0.717) is 18.0 Å². The Labute approximate surface area is 320 Å². The van der Waals surface area contributed by atoms with Crippen molar-refractivity contribution >= 4 is 0 Å². The van der Waals surface area contributed by atoms with E-state index in [1.165, 1.54) is 87.8 Å². The number of halogens is 3. The number of unbranched alkanes of at least 4 members (excludes halogenated alkanes) is 2. The standard InChI is InChI=1S/C24H40N2.C9H9F3O.C9H14N2.C2H6O/c1-5-9-10-13-20-14-16-23(17-15-20)26-18-22(19-26)25-24(12-7-3)21(8-4)11-6-2;1-2-7-5-3-4-6-8(7)13-9(10,11)12;1-4-5-9-10-6-7(2)8(3)11-9;1-3-2/h6,8,11-12,20,22-23,25H,2,4-5,7,9-10,13-19H2,1,3H3;3-6H,2H2,1H3;6H,4-5H2,1-3H3;1-2H3/b21-11+,24-12-;;;. The fourth-order valence-electron chi connectivity index (χ4n) is 6.40. The van der Waals surface area contributed by atoms with E-state index in [2.05, 4.69) is 69.7 Å². The van der Waals surface area contributed by atoms with Gasteiger partial charge in [0.25, 0.3) is 0 Å². The summed E-state index contributed by atoms with van der Waals surface area (Å²) in [5, 5.41) is 3.73. The third kappa shape index (κ3) is 19.5. The summed E-state index contributed by atoms with van der Waals surface area (Å²) in [6.07, 6.45) is 20.4. The topological polar surface area (TPSA) is 59.5 Å². The van der Waals surface area contributed by atoms with Gasteiger partial charge in [0, 0.05) is 57.4 Å². The average Bonchev–Trinajstić information content (AvgIpc) is 3.11. The summed E-state index contributed by atoms with van der Waals surface area (Å²) >= 11 is 0. The number of alkyl halides is 3. The number of hydrogen-bond donors (Lipinski definition) is 1. The zero-order valence-corrected chi connectivity index (χ0v) is 34.0. The molecule has 53 heavy (non-hydrogen) atoms. The van der Waals surface area contributed by atoms with Crippen LogP contribution in [0.5, 0.6) is 5.75 Å². The van der Waals surface area contributed by atoms with Crippen LogP contribution in [0.1, 0.15) is 115 Å². The Morgan fingerprint density at radius 2 is 1.64 bits per heavy atom. The number of hydrogen-bond acceptors (Lipinski definition) is 6. The van der Waals surface area contributed by atoms with Crippen LogP contribution < -0.4 is 10.1 Å². The van der Waals surface area contributed by atoms with Crippen molar-refractivity contribution in [3.8, 4) is 5.75 Å². The van der Waals surface area contributed by atoms with Crippen molar-refractivity contribution in [2.45, 2.75) is 137 Å². The van der Waals surface area contributed by atoms with E-state index in [9.17, 15) is 13.2 Å². The van der Waals surface area contributed by atoms with Crippen LogP contribution in [0.2, 0.25) is 0 Å². The number of nitrogens with one attached hydrogen (secondary N) is 1. The molecule has 0 radical (unpaired) electrons. The van der Waals surface area contributed by atoms with Crippen LogP contribution in [0.25, 0.3) is 0 Å². The molecule has 1 N–H and O–H groups in total. The van der Waals surface area contributed by atoms with Gasteiger partial charge >= 0.3 is 6.36 Å². The van der Waals surface area contributed by atoms with E-state index in [4.69, 9.17) is 0 Å². The molecule has 0 unspecified atom stereocenters. The van der Waals surface area contributed by atoms with Crippen LogP contribution in [0.4, 0.5) is 13.2 Å². The van der Waals surface area contributed by atoms with E-state index in [1.807, 2.05) is 38.3 Å². The van der Waals surface area contributed by atoms with Crippen LogP contribution in [-0.2, 0) is 17.6 Å². The Morgan fingerprint density at radius 1 is 0.981 bits per heavy atom. The number of aryl methyl sites for hydroxylation is 4. The fourth-order valence-corrected chi connectivity index (χ4v) is 6.40. The van der Waals surface area contributed by atoms with Gasteiger partial charge in [0.2, 0.25) is 0 Å². The highest BCUT2D eigenvalue weighted by atomic mass is 19.4. The number of para-hydroxylation sites is 1. The predicted molar refractivity (Wildman–Crippen MR) is 216 cm³/mol. The molecule has 0 spiro atoms. The fraction of sp³-hybridized carbons (Fsp3) is 0.591. The molecule has 2 fully saturated rings. The minimum absolute atomic E-state index is 0.113. The van der Waals surface area contributed by atoms with Gasteiger partial charge in [0.1, 0.15) is 11.6 Å². The van der Waals surface area contributed by atoms with Crippen LogP contribution in [0.3, 0.4) is 0 Å². The molecule has 0 bridgehead atoms. The van der Waals surface area contributed by atoms with Gasteiger partial charge in [-0.3, -0.25) is 4.90 Å². The molecule has 1 aliphatic heterocycles. The van der Waals surface area contributed by atoms with E-state index in [1.54, 1.807) is 33.3 Å². The summed E-state index contributed by atoms with van der Waals surface area (Å²) in [7, 11) is 3.25. The molecule has 1 aliphatic carbocycles. The minimum Gasteiger partial charge on any atom is -0.406 e. The lowest BCUT2D eigenvalue weighted by molar-refractivity contribution is -0.274. The Hall–Kier alpha value is -3.43. The molecular formula is C44H69F3N4O2. The SMILES string of the molecule is C=C/C=C(C=C)/C(=C/CC)NC1CN(C2CCC(CCCCC)CC2)C1.CCCc1ncc(C)c(C)n1.CCc1ccccc1OC(F)(F)F.COC. The quantitative estimate of drug-likeness (QED) is 0.145. The number of likely N-dealkylation sites (tertiary alicyclic amines) is 1. The van der Waals surface area contributed by atoms with Gasteiger partial charge in [-0.2, -0.15) is 0 Å². The molecule has 2 aliphatic rings. The highest BCUT2D eigenvalue weighted by Crippen LogP contribution is 2.33. The van der Waals surface area contributed by atoms with Gasteiger partial charge in [-0.05, 0) is 87.5 Å². The van der Waals surface area contributed by atoms with Crippen molar-refractivity contribution in [2.75, 3.05) is 27.3 Å². The van der Waals surface area contributed by atoms with Crippen LogP contribution in [0.15, 0.2) is 79.2 Å². The van der Waals surface area contributed by atoms with Gasteiger partial charge in [-0.15, -0.1) is 13.2 Å². The summed E-state index contributed by atoms with van der Waals surface area (Å²) in [6, 6.07) is 7.52. The third-order valence-corrected chi connectivity index (χ3v) is 9.38. The van der Waals surface area contributed by atoms with Crippen molar-refractivity contribution in [1.82, 2.24) is 20.2 Å². The minimum atomic E-state index is -4.61. The van der Waals surface area contributed by atoms with Crippen molar-refractivity contribution in [3.63, 3.8) is 0 Å². The molecule has 298 valence electrons. The molecule has 0 amide bonds. The Balaban J connectivity index is 0.000000431. The number of methoxy groups -OCH3 is 1. The lowest BCUT2D eigenvalue weighted by Gasteiger charge is -2.47. The Kier molecular flexibility index (Phi) is 24.4. The normalized spacial score (nSPS) is 17.8. The number of rotatable bonds is 15. The number of benzene rings is 1. The number of nitrogens with zero attached hydrogens (tertiary/aromatic N) is 3. The first-order chi connectivity index (χ1) is 25.4. The first kappa shape index (κ1) is 47.6. The molecule has 9 heteroatoms. The molecule has 6 nitrogen and oxygen atoms in total. The van der Waals surface area contributed by atoms with Gasteiger partial charge < -0.3 is 14.8 Å². The third-order valence-electron chi connectivity index (χ3n) is 9.38. The second kappa shape index (κ2) is 27.2. The summed E-state index contributed by atoms with van der Waals surface area (Å²) in [5.41, 5.74) is 5.19. The monoisotopic (exact) mass is 743 g/mol. The number of allylic oxidation sites excluding steroid dienone is 4. The van der Waals surface area contributed by atoms with Crippen LogP contribution >= 0.6 is 0 Å². The molecule has 1 aromatic carbocycles. The second-order valence-electron chi connectivity index (χ2n) is 13.8. The maximum atomic E-state index is 11.8. The molecule has 4 rings (SSSR count). The highest BCUT2D eigenvalue weighted by Gasteiger charge is 2.35. The molecule has 0 atom stereocenters. The average molecular weight is 743 g/mol. The van der Waals surface area contributed by atoms with Crippen LogP contribution in [0, 0.1) is 19.8 Å². The maximum Gasteiger partial charge on any atom is 0.573 e. The lowest BCUT2D eigenvalue weighted by Crippen LogP contribution is -2.61. The van der Waals surface area contributed by atoms with Crippen molar-refractivity contribution in [3.05, 3.63) is 102 Å². The van der Waals surface area contributed by atoms with Crippen LogP contribution in [-0.4, -0.2) is 60.6 Å². The number of aromatic nitrogens is 2. The maximum absolute atomic E-state index is 11.8. The van der Waals surface area contributed by atoms with Gasteiger partial charge in [-0.25, -0.2) is 9.97 Å². The molecule has 1 saturated heterocycles. The Bertz CT molecular complexity index is 1360. The number of ether oxygens (including phenoxy) is 2. The first-order valence-electron chi connectivity index (χ1n) is 19.6. The summed E-state index contributed by atoms with van der Waals surface area (Å²) in [4.78, 5) is 11.3. The smallest absolute Gasteiger partial charge is 0.406 e. The van der Waals surface area contributed by atoms with Crippen molar-refractivity contribution in [1.29, 1.82) is 0 Å². The van der Waals surface area contributed by atoms with E-state index >= 15 is 0 Å². The van der Waals surface area contributed by atoms with E-state index in [0.717, 1.165) is 48.3 Å². The van der Waals surface area contributed by atoms with E-state index in [-0.39, 0.29) is 5.75 Å². The summed E-state index contributed by atoms with van der Waals surface area (Å²) < 4.78 is 43.6. The van der Waals surface area contributed by atoms with Gasteiger partial charge in [0.15, 0.2) is 0 Å². The van der Waals surface area contributed by atoms with Crippen molar-refractivity contribution < 1.29 is 22.6 Å². The molecule has 1 saturated carbocycles. The second-order valence-corrected chi connectivity index (χ2v) is 13.8. The molecule has 1 aromatic heterocycles. The van der Waals surface area contributed by atoms with Gasteiger partial charge in [-0.1, -0.05) is 109 Å². The zero-order chi connectivity index (χ0) is 39.6. The predicted octanol–water partition coefficient (Wildman–Crippen LogP) is 11.4. The first-order valence-corrected chi connectivity index (χ1v) is 19.6. The summed E-state index contributed by atoms with van der Waals surface area (Å²) in [5.74, 6) is 1.86. The van der Waals surface area contributed by atoms with Gasteiger partial charge in [0.05, 0.1) is 6.04 Å². The summed E-state index contributed by atoms with van der Waals surface area (Å²) in [6.45, 7) is 22.6. The lowest BCUT2D eigenvalue weighted by atomic mass is 9.81. The molecule has 2 aromatic rings. The largest absolute Gasteiger partial charge is 0.573 e. The van der Waals surface area contributed by atoms with E-state index < -0.39 is 6.36 Å². The Morgan fingerprint density at radius 3 is 2.17 bits per heavy atom. The van der Waals surface area contributed by atoms with Crippen molar-refractivity contribution in [2.24, 2.45) is 5.92 Å². The zero-order valence-electron chi connectivity index (χ0n) is 34.0. The highest BCUT2D eigenvalue weighted by molar-refractivity contribution is 5.40. The molecular weight excluding hydrogens is 674 g/mol. The molecule has 2 heterocycles.